The molecule has 2 aromatic heterocycles. The molecule has 2 N–H and O–H groups in total. The van der Waals surface area contributed by atoms with Gasteiger partial charge < -0.3 is 10.3 Å². The number of aryl methyl sites for hydroxylation is 1. The summed E-state index contributed by atoms with van der Waals surface area (Å²) in [6, 6.07) is 9.90. The van der Waals surface area contributed by atoms with Crippen molar-refractivity contribution >= 4 is 10.9 Å². The van der Waals surface area contributed by atoms with E-state index in [0.717, 1.165) is 29.3 Å². The lowest BCUT2D eigenvalue weighted by molar-refractivity contribution is 0.366. The molecule has 0 aliphatic carbocycles. The van der Waals surface area contributed by atoms with E-state index in [2.05, 4.69) is 22.0 Å². The van der Waals surface area contributed by atoms with Crippen LogP contribution in [0.1, 0.15) is 19.2 Å². The van der Waals surface area contributed by atoms with E-state index in [4.69, 9.17) is 10.3 Å². The molecule has 0 aliphatic heterocycles. The smallest absolute Gasteiger partial charge is 0.226 e. The van der Waals surface area contributed by atoms with Gasteiger partial charge in [0, 0.05) is 23.6 Å². The summed E-state index contributed by atoms with van der Waals surface area (Å²) in [5.74, 6) is 1.75. The first-order valence-electron chi connectivity index (χ1n) is 7.14. The third-order valence-corrected chi connectivity index (χ3v) is 3.58. The number of hydrogen-bond donors (Lipinski definition) is 1. The van der Waals surface area contributed by atoms with E-state index in [9.17, 15) is 0 Å². The molecule has 0 aliphatic rings. The fraction of sp³-hybridized carbons (Fsp3) is 0.312. The van der Waals surface area contributed by atoms with Gasteiger partial charge in [-0.3, -0.25) is 4.98 Å². The van der Waals surface area contributed by atoms with Crippen molar-refractivity contribution in [2.75, 3.05) is 6.54 Å². The highest BCUT2D eigenvalue weighted by Gasteiger charge is 2.10. The van der Waals surface area contributed by atoms with Crippen molar-refractivity contribution in [3.05, 3.63) is 42.4 Å². The quantitative estimate of drug-likeness (QED) is 0.778. The summed E-state index contributed by atoms with van der Waals surface area (Å²) < 4.78 is 5.31. The van der Waals surface area contributed by atoms with Crippen molar-refractivity contribution in [3.63, 3.8) is 0 Å². The fourth-order valence-electron chi connectivity index (χ4n) is 2.18. The van der Waals surface area contributed by atoms with Gasteiger partial charge in [-0.05, 0) is 43.1 Å². The lowest BCUT2D eigenvalue weighted by Crippen LogP contribution is -2.11. The maximum atomic E-state index is 5.61. The minimum Gasteiger partial charge on any atom is -0.339 e. The second kappa shape index (κ2) is 6.01. The van der Waals surface area contributed by atoms with Gasteiger partial charge in [-0.25, -0.2) is 0 Å². The Morgan fingerprint density at radius 2 is 2.19 bits per heavy atom. The highest BCUT2D eigenvalue weighted by molar-refractivity contribution is 5.82. The second-order valence-electron chi connectivity index (χ2n) is 5.30. The van der Waals surface area contributed by atoms with Crippen LogP contribution in [-0.2, 0) is 6.42 Å². The molecule has 0 spiro atoms. The highest BCUT2D eigenvalue weighted by atomic mass is 16.5. The van der Waals surface area contributed by atoms with Gasteiger partial charge in [-0.2, -0.15) is 4.98 Å². The molecule has 0 bridgehead atoms. The Labute approximate surface area is 123 Å². The molecule has 1 unspecified atom stereocenters. The highest BCUT2D eigenvalue weighted by Crippen LogP contribution is 2.21. The fourth-order valence-corrected chi connectivity index (χ4v) is 2.18. The molecule has 21 heavy (non-hydrogen) atoms. The first-order chi connectivity index (χ1) is 10.3. The maximum absolute atomic E-state index is 5.61. The topological polar surface area (TPSA) is 77.8 Å². The molecule has 1 aromatic carbocycles. The number of aromatic nitrogens is 3. The summed E-state index contributed by atoms with van der Waals surface area (Å²) in [7, 11) is 0. The van der Waals surface area contributed by atoms with Crippen molar-refractivity contribution in [1.82, 2.24) is 15.1 Å². The van der Waals surface area contributed by atoms with Crippen LogP contribution in [0.25, 0.3) is 22.3 Å². The van der Waals surface area contributed by atoms with Crippen LogP contribution in [0.2, 0.25) is 0 Å². The number of fused-ring (bicyclic) bond motifs is 1. The standard InChI is InChI=1S/C16H18N4O/c1-11(10-17)4-7-15-19-16(20-21-15)13-5-6-14-12(9-13)3-2-8-18-14/h2-3,5-6,8-9,11H,4,7,10,17H2,1H3. The average Bonchev–Trinajstić information content (AvgIpc) is 3.01. The predicted octanol–water partition coefficient (Wildman–Crippen LogP) is 2.81. The molecule has 0 fully saturated rings. The molecule has 1 atom stereocenters. The van der Waals surface area contributed by atoms with E-state index in [1.807, 2.05) is 30.3 Å². The molecule has 108 valence electrons. The van der Waals surface area contributed by atoms with Gasteiger partial charge in [0.1, 0.15) is 0 Å². The third kappa shape index (κ3) is 3.08. The molecule has 2 heterocycles. The molecule has 5 heteroatoms. The van der Waals surface area contributed by atoms with E-state index >= 15 is 0 Å². The number of benzene rings is 1. The number of pyridine rings is 1. The van der Waals surface area contributed by atoms with Gasteiger partial charge >= 0.3 is 0 Å². The van der Waals surface area contributed by atoms with Crippen molar-refractivity contribution < 1.29 is 4.52 Å². The van der Waals surface area contributed by atoms with Crippen molar-refractivity contribution in [1.29, 1.82) is 0 Å². The van der Waals surface area contributed by atoms with Crippen LogP contribution in [0.4, 0.5) is 0 Å². The monoisotopic (exact) mass is 282 g/mol. The van der Waals surface area contributed by atoms with E-state index in [0.29, 0.717) is 24.2 Å². The van der Waals surface area contributed by atoms with Gasteiger partial charge in [-0.15, -0.1) is 0 Å². The molecule has 3 rings (SSSR count). The van der Waals surface area contributed by atoms with Crippen molar-refractivity contribution in [3.8, 4) is 11.4 Å². The molecule has 3 aromatic rings. The van der Waals surface area contributed by atoms with Crippen molar-refractivity contribution in [2.24, 2.45) is 11.7 Å². The molecule has 0 saturated carbocycles. The number of rotatable bonds is 5. The SMILES string of the molecule is CC(CN)CCc1nc(-c2ccc3ncccc3c2)no1. The Morgan fingerprint density at radius 1 is 1.29 bits per heavy atom. The summed E-state index contributed by atoms with van der Waals surface area (Å²) >= 11 is 0. The molecule has 0 saturated heterocycles. The zero-order valence-corrected chi connectivity index (χ0v) is 12.0. The van der Waals surface area contributed by atoms with E-state index in [1.54, 1.807) is 6.20 Å². The zero-order chi connectivity index (χ0) is 14.7. The van der Waals surface area contributed by atoms with Crippen LogP contribution in [0.15, 0.2) is 41.1 Å². The normalized spacial score (nSPS) is 12.7. The molecular weight excluding hydrogens is 264 g/mol. The van der Waals surface area contributed by atoms with Gasteiger partial charge in [0.05, 0.1) is 5.52 Å². The van der Waals surface area contributed by atoms with Crippen molar-refractivity contribution in [2.45, 2.75) is 19.8 Å². The van der Waals surface area contributed by atoms with Gasteiger partial charge in [0.2, 0.25) is 11.7 Å². The van der Waals surface area contributed by atoms with Crippen LogP contribution in [-0.4, -0.2) is 21.7 Å². The first-order valence-corrected chi connectivity index (χ1v) is 7.14. The molecule has 0 radical (unpaired) electrons. The van der Waals surface area contributed by atoms with E-state index in [1.165, 1.54) is 0 Å². The third-order valence-electron chi connectivity index (χ3n) is 3.58. The molecular formula is C16H18N4O. The minimum absolute atomic E-state index is 0.465. The van der Waals surface area contributed by atoms with Crippen LogP contribution in [0.5, 0.6) is 0 Å². The number of nitrogens with zero attached hydrogens (tertiary/aromatic N) is 3. The maximum Gasteiger partial charge on any atom is 0.226 e. The van der Waals surface area contributed by atoms with Crippen LogP contribution in [0, 0.1) is 5.92 Å². The van der Waals surface area contributed by atoms with Crippen LogP contribution in [0.3, 0.4) is 0 Å². The number of nitrogens with two attached hydrogens (primary N) is 1. The van der Waals surface area contributed by atoms with Gasteiger partial charge in [-0.1, -0.05) is 18.1 Å². The lowest BCUT2D eigenvalue weighted by atomic mass is 10.1. The number of hydrogen-bond acceptors (Lipinski definition) is 5. The Morgan fingerprint density at radius 3 is 3.05 bits per heavy atom. The van der Waals surface area contributed by atoms with E-state index < -0.39 is 0 Å². The molecule has 5 nitrogen and oxygen atoms in total. The Balaban J connectivity index is 1.81. The summed E-state index contributed by atoms with van der Waals surface area (Å²) in [5, 5.41) is 5.13. The predicted molar refractivity (Wildman–Crippen MR) is 81.6 cm³/mol. The van der Waals surface area contributed by atoms with Gasteiger partial charge in [0.15, 0.2) is 0 Å². The summed E-state index contributed by atoms with van der Waals surface area (Å²) in [4.78, 5) is 8.76. The molecule has 0 amide bonds. The Hall–Kier alpha value is -2.27. The summed E-state index contributed by atoms with van der Waals surface area (Å²) in [6.07, 6.45) is 3.51. The minimum atomic E-state index is 0.465. The Kier molecular flexibility index (Phi) is 3.92. The van der Waals surface area contributed by atoms with Gasteiger partial charge in [0.25, 0.3) is 0 Å². The average molecular weight is 282 g/mol. The first kappa shape index (κ1) is 13.7. The van der Waals surface area contributed by atoms with Crippen LogP contribution < -0.4 is 5.73 Å². The summed E-state index contributed by atoms with van der Waals surface area (Å²) in [5.41, 5.74) is 7.51. The van der Waals surface area contributed by atoms with E-state index in [-0.39, 0.29) is 0 Å². The lowest BCUT2D eigenvalue weighted by Gasteiger charge is -2.03. The summed E-state index contributed by atoms with van der Waals surface area (Å²) in [6.45, 7) is 2.80. The largest absolute Gasteiger partial charge is 0.339 e. The zero-order valence-electron chi connectivity index (χ0n) is 12.0. The second-order valence-corrected chi connectivity index (χ2v) is 5.30. The Bertz CT molecular complexity index is 738. The van der Waals surface area contributed by atoms with Crippen LogP contribution >= 0.6 is 0 Å².